The minimum absolute atomic E-state index is 0.0147. The monoisotopic (exact) mass is 312 g/mol. The van der Waals surface area contributed by atoms with Crippen molar-refractivity contribution in [1.82, 2.24) is 9.88 Å². The first-order chi connectivity index (χ1) is 9.72. The van der Waals surface area contributed by atoms with E-state index in [0.29, 0.717) is 23.7 Å². The Labute approximate surface area is 126 Å². The van der Waals surface area contributed by atoms with E-state index >= 15 is 0 Å². The minimum atomic E-state index is -0.255. The molecular weight excluding hydrogens is 299 g/mol. The summed E-state index contributed by atoms with van der Waals surface area (Å²) in [6, 6.07) is 4.82. The molecule has 1 aliphatic heterocycles. The summed E-state index contributed by atoms with van der Waals surface area (Å²) in [5, 5.41) is 3.34. The van der Waals surface area contributed by atoms with E-state index in [1.165, 1.54) is 6.07 Å². The first-order valence-corrected chi connectivity index (χ1v) is 7.65. The van der Waals surface area contributed by atoms with Crippen LogP contribution < -0.4 is 0 Å². The van der Waals surface area contributed by atoms with Gasteiger partial charge in [0.2, 0.25) is 0 Å². The fourth-order valence-corrected chi connectivity index (χ4v) is 3.12. The molecule has 6 heteroatoms. The van der Waals surface area contributed by atoms with Gasteiger partial charge in [0.05, 0.1) is 6.61 Å². The largest absolute Gasteiger partial charge is 0.368 e. The number of morpholine rings is 1. The van der Waals surface area contributed by atoms with E-state index in [4.69, 9.17) is 16.3 Å². The molecule has 3 nitrogen and oxygen atoms in total. The van der Waals surface area contributed by atoms with Crippen molar-refractivity contribution in [1.29, 1.82) is 0 Å². The van der Waals surface area contributed by atoms with Gasteiger partial charge in [0, 0.05) is 41.8 Å². The second-order valence-corrected chi connectivity index (χ2v) is 6.06. The van der Waals surface area contributed by atoms with Crippen molar-refractivity contribution < 1.29 is 9.13 Å². The highest BCUT2D eigenvalue weighted by Crippen LogP contribution is 2.25. The SMILES string of the molecule is Fc1cc(Cl)ccc1CN1CCO[C@@H](c2nccs2)C1. The normalized spacial score (nSPS) is 20.2. The lowest BCUT2D eigenvalue weighted by Gasteiger charge is -2.32. The van der Waals surface area contributed by atoms with Crippen LogP contribution in [0.2, 0.25) is 5.02 Å². The van der Waals surface area contributed by atoms with E-state index in [1.807, 2.05) is 5.38 Å². The number of aromatic nitrogens is 1. The highest BCUT2D eigenvalue weighted by molar-refractivity contribution is 7.09. The standard InChI is InChI=1S/C14H14ClFN2OS/c15-11-2-1-10(12(16)7-11)8-18-4-5-19-13(9-18)14-17-3-6-20-14/h1-3,6-7,13H,4-5,8-9H2/t13-/m1/s1. The zero-order chi connectivity index (χ0) is 13.9. The van der Waals surface area contributed by atoms with E-state index in [9.17, 15) is 4.39 Å². The van der Waals surface area contributed by atoms with Gasteiger partial charge in [0.1, 0.15) is 16.9 Å². The summed E-state index contributed by atoms with van der Waals surface area (Å²) in [5.41, 5.74) is 0.661. The van der Waals surface area contributed by atoms with Crippen molar-refractivity contribution in [3.63, 3.8) is 0 Å². The zero-order valence-electron chi connectivity index (χ0n) is 10.8. The highest BCUT2D eigenvalue weighted by Gasteiger charge is 2.24. The highest BCUT2D eigenvalue weighted by atomic mass is 35.5. The molecule has 2 aromatic rings. The van der Waals surface area contributed by atoms with Gasteiger partial charge in [-0.15, -0.1) is 11.3 Å². The van der Waals surface area contributed by atoms with Gasteiger partial charge >= 0.3 is 0 Å². The quantitative estimate of drug-likeness (QED) is 0.867. The number of hydrogen-bond acceptors (Lipinski definition) is 4. The summed E-state index contributed by atoms with van der Waals surface area (Å²) in [4.78, 5) is 6.47. The first-order valence-electron chi connectivity index (χ1n) is 6.39. The Morgan fingerprint density at radius 1 is 1.50 bits per heavy atom. The number of ether oxygens (including phenoxy) is 1. The van der Waals surface area contributed by atoms with Gasteiger partial charge in [-0.3, -0.25) is 4.90 Å². The van der Waals surface area contributed by atoms with Crippen LogP contribution in [-0.2, 0) is 11.3 Å². The average Bonchev–Trinajstić information content (AvgIpc) is 2.96. The number of benzene rings is 1. The molecule has 1 aliphatic rings. The predicted octanol–water partition coefficient (Wildman–Crippen LogP) is 3.51. The molecule has 1 aromatic carbocycles. The molecule has 1 atom stereocenters. The van der Waals surface area contributed by atoms with Crippen molar-refractivity contribution in [3.8, 4) is 0 Å². The van der Waals surface area contributed by atoms with Crippen molar-refractivity contribution in [2.45, 2.75) is 12.6 Å². The lowest BCUT2D eigenvalue weighted by atomic mass is 10.1. The van der Waals surface area contributed by atoms with Crippen LogP contribution in [0.5, 0.6) is 0 Å². The lowest BCUT2D eigenvalue weighted by molar-refractivity contribution is -0.0332. The van der Waals surface area contributed by atoms with E-state index in [2.05, 4.69) is 9.88 Å². The van der Waals surface area contributed by atoms with E-state index < -0.39 is 0 Å². The maximum absolute atomic E-state index is 13.8. The van der Waals surface area contributed by atoms with Gasteiger partial charge in [0.25, 0.3) is 0 Å². The van der Waals surface area contributed by atoms with Crippen LogP contribution in [-0.4, -0.2) is 29.6 Å². The molecule has 0 bridgehead atoms. The number of thiazole rings is 1. The number of rotatable bonds is 3. The topological polar surface area (TPSA) is 25.4 Å². The van der Waals surface area contributed by atoms with E-state index in [0.717, 1.165) is 18.1 Å². The fourth-order valence-electron chi connectivity index (χ4n) is 2.28. The second kappa shape index (κ2) is 6.18. The maximum atomic E-state index is 13.8. The van der Waals surface area contributed by atoms with Crippen LogP contribution in [0.25, 0.3) is 0 Å². The molecule has 1 aromatic heterocycles. The van der Waals surface area contributed by atoms with Gasteiger partial charge in [-0.1, -0.05) is 17.7 Å². The summed E-state index contributed by atoms with van der Waals surface area (Å²) >= 11 is 7.36. The third-order valence-electron chi connectivity index (χ3n) is 3.29. The Bertz CT molecular complexity index is 579. The molecule has 0 saturated carbocycles. The molecular formula is C14H14ClFN2OS. The molecule has 1 saturated heterocycles. The molecule has 3 rings (SSSR count). The molecule has 0 spiro atoms. The Morgan fingerprint density at radius 3 is 3.15 bits per heavy atom. The number of hydrogen-bond donors (Lipinski definition) is 0. The Kier molecular flexibility index (Phi) is 4.31. The molecule has 1 fully saturated rings. The van der Waals surface area contributed by atoms with Crippen LogP contribution in [0.1, 0.15) is 16.7 Å². The van der Waals surface area contributed by atoms with Crippen LogP contribution in [0, 0.1) is 5.82 Å². The summed E-state index contributed by atoms with van der Waals surface area (Å²) in [7, 11) is 0. The molecule has 106 valence electrons. The number of nitrogens with zero attached hydrogens (tertiary/aromatic N) is 2. The minimum Gasteiger partial charge on any atom is -0.368 e. The van der Waals surface area contributed by atoms with Crippen molar-refractivity contribution in [2.75, 3.05) is 19.7 Å². The molecule has 0 aliphatic carbocycles. The molecule has 0 unspecified atom stereocenters. The Hall–Kier alpha value is -1.01. The van der Waals surface area contributed by atoms with E-state index in [-0.39, 0.29) is 11.9 Å². The smallest absolute Gasteiger partial charge is 0.129 e. The van der Waals surface area contributed by atoms with Crippen LogP contribution in [0.15, 0.2) is 29.8 Å². The first kappa shape index (κ1) is 13.9. The third-order valence-corrected chi connectivity index (χ3v) is 4.39. The Morgan fingerprint density at radius 2 is 2.40 bits per heavy atom. The van der Waals surface area contributed by atoms with Gasteiger partial charge in [-0.2, -0.15) is 0 Å². The predicted molar refractivity (Wildman–Crippen MR) is 77.5 cm³/mol. The van der Waals surface area contributed by atoms with Crippen molar-refractivity contribution in [2.24, 2.45) is 0 Å². The zero-order valence-corrected chi connectivity index (χ0v) is 12.3. The average molecular weight is 313 g/mol. The van der Waals surface area contributed by atoms with Gasteiger partial charge in [0.15, 0.2) is 0 Å². The molecule has 2 heterocycles. The molecule has 20 heavy (non-hydrogen) atoms. The van der Waals surface area contributed by atoms with Gasteiger partial charge in [-0.25, -0.2) is 9.37 Å². The molecule has 0 radical (unpaired) electrons. The molecule has 0 amide bonds. The Balaban J connectivity index is 1.68. The van der Waals surface area contributed by atoms with Crippen LogP contribution in [0.4, 0.5) is 4.39 Å². The fraction of sp³-hybridized carbons (Fsp3) is 0.357. The summed E-state index contributed by atoms with van der Waals surface area (Å²) in [6.45, 7) is 2.73. The third kappa shape index (κ3) is 3.17. The van der Waals surface area contributed by atoms with Crippen LogP contribution in [0.3, 0.4) is 0 Å². The molecule has 0 N–H and O–H groups in total. The maximum Gasteiger partial charge on any atom is 0.129 e. The summed E-state index contributed by atoms with van der Waals surface area (Å²) < 4.78 is 19.6. The van der Waals surface area contributed by atoms with Crippen molar-refractivity contribution >= 4 is 22.9 Å². The van der Waals surface area contributed by atoms with Gasteiger partial charge < -0.3 is 4.74 Å². The summed E-state index contributed by atoms with van der Waals surface area (Å²) in [6.07, 6.45) is 1.76. The number of halogens is 2. The van der Waals surface area contributed by atoms with Crippen LogP contribution >= 0.6 is 22.9 Å². The van der Waals surface area contributed by atoms with E-state index in [1.54, 1.807) is 29.7 Å². The van der Waals surface area contributed by atoms with Crippen molar-refractivity contribution in [3.05, 3.63) is 51.2 Å². The summed E-state index contributed by atoms with van der Waals surface area (Å²) in [5.74, 6) is -0.255. The lowest BCUT2D eigenvalue weighted by Crippen LogP contribution is -2.37. The van der Waals surface area contributed by atoms with Gasteiger partial charge in [-0.05, 0) is 12.1 Å². The second-order valence-electron chi connectivity index (χ2n) is 4.70.